The van der Waals surface area contributed by atoms with Gasteiger partial charge < -0.3 is 24.4 Å². The number of hydrogen-bond donors (Lipinski definition) is 3. The molecule has 43 heavy (non-hydrogen) atoms. The molecule has 0 radical (unpaired) electrons. The first-order chi connectivity index (χ1) is 20.4. The number of carbonyl (C=O) groups excluding carboxylic acids is 1. The number of imidazole rings is 1. The molecule has 0 aliphatic carbocycles. The number of rotatable bonds is 14. The SMILES string of the molecule is CCCNc1nc(C)nc2c1ncn2[C@@H]1O[C@](CCl)(CO[P@](=O)(N[C@@H](C)C(=O)OC(C)C)Oc2ccccc2)[C@@H](O)[C@H]1F. The summed E-state index contributed by atoms with van der Waals surface area (Å²) < 4.78 is 53.7. The summed E-state index contributed by atoms with van der Waals surface area (Å²) in [6, 6.07) is 7.01. The van der Waals surface area contributed by atoms with Gasteiger partial charge in [-0.05, 0) is 46.2 Å². The highest BCUT2D eigenvalue weighted by molar-refractivity contribution is 7.52. The van der Waals surface area contributed by atoms with E-state index in [2.05, 4.69) is 25.4 Å². The molecule has 1 saturated heterocycles. The van der Waals surface area contributed by atoms with Crippen molar-refractivity contribution in [3.8, 4) is 5.75 Å². The van der Waals surface area contributed by atoms with Crippen molar-refractivity contribution in [2.45, 2.75) is 77.3 Å². The van der Waals surface area contributed by atoms with Crippen LogP contribution in [0.3, 0.4) is 0 Å². The Hall–Kier alpha value is -2.87. The van der Waals surface area contributed by atoms with E-state index < -0.39 is 62.5 Å². The molecule has 1 aliphatic heterocycles. The number of ether oxygens (including phenoxy) is 2. The van der Waals surface area contributed by atoms with Gasteiger partial charge in [0, 0.05) is 6.54 Å². The van der Waals surface area contributed by atoms with Crippen molar-refractivity contribution in [2.75, 3.05) is 24.3 Å². The topological polar surface area (TPSA) is 159 Å². The van der Waals surface area contributed by atoms with Gasteiger partial charge in [-0.2, -0.15) is 5.09 Å². The molecule has 6 atom stereocenters. The Morgan fingerprint density at radius 3 is 2.65 bits per heavy atom. The fourth-order valence-electron chi connectivity index (χ4n) is 4.41. The lowest BCUT2D eigenvalue weighted by atomic mass is 9.99. The minimum atomic E-state index is -4.36. The molecule has 0 saturated carbocycles. The van der Waals surface area contributed by atoms with E-state index in [1.54, 1.807) is 39.0 Å². The van der Waals surface area contributed by atoms with Crippen molar-refractivity contribution in [1.29, 1.82) is 0 Å². The van der Waals surface area contributed by atoms with E-state index in [0.29, 0.717) is 23.7 Å². The van der Waals surface area contributed by atoms with Crippen molar-refractivity contribution in [3.63, 3.8) is 0 Å². The number of halogens is 2. The van der Waals surface area contributed by atoms with Crippen LogP contribution in [0.5, 0.6) is 5.75 Å². The van der Waals surface area contributed by atoms with Crippen molar-refractivity contribution in [1.82, 2.24) is 24.6 Å². The van der Waals surface area contributed by atoms with Crippen LogP contribution in [-0.4, -0.2) is 79.6 Å². The number of aromatic nitrogens is 4. The maximum atomic E-state index is 15.8. The number of nitrogens with one attached hydrogen (secondary N) is 2. The molecule has 2 aromatic heterocycles. The summed E-state index contributed by atoms with van der Waals surface area (Å²) in [6.07, 6.45) is -3.43. The summed E-state index contributed by atoms with van der Waals surface area (Å²) in [6.45, 7) is 8.45. The Morgan fingerprint density at radius 2 is 2.00 bits per heavy atom. The number of carbonyl (C=O) groups is 1. The van der Waals surface area contributed by atoms with Crippen molar-refractivity contribution < 1.29 is 37.4 Å². The van der Waals surface area contributed by atoms with Crippen LogP contribution in [0.2, 0.25) is 0 Å². The van der Waals surface area contributed by atoms with Crippen LogP contribution >= 0.6 is 19.3 Å². The van der Waals surface area contributed by atoms with E-state index in [-0.39, 0.29) is 11.4 Å². The predicted molar refractivity (Wildman–Crippen MR) is 158 cm³/mol. The van der Waals surface area contributed by atoms with E-state index in [1.807, 2.05) is 6.92 Å². The minimum absolute atomic E-state index is 0.171. The number of benzene rings is 1. The lowest BCUT2D eigenvalue weighted by Gasteiger charge is -2.31. The van der Waals surface area contributed by atoms with E-state index in [1.165, 1.54) is 30.0 Å². The average Bonchev–Trinajstić information content (AvgIpc) is 3.49. The molecule has 3 N–H and O–H groups in total. The van der Waals surface area contributed by atoms with Crippen LogP contribution in [0.1, 0.15) is 46.2 Å². The van der Waals surface area contributed by atoms with Crippen molar-refractivity contribution in [3.05, 3.63) is 42.5 Å². The molecule has 1 aromatic carbocycles. The molecule has 16 heteroatoms. The summed E-state index contributed by atoms with van der Waals surface area (Å²) in [7, 11) is -4.36. The van der Waals surface area contributed by atoms with Crippen LogP contribution < -0.4 is 14.9 Å². The van der Waals surface area contributed by atoms with E-state index >= 15 is 4.39 Å². The van der Waals surface area contributed by atoms with Gasteiger partial charge in [-0.25, -0.2) is 23.9 Å². The highest BCUT2D eigenvalue weighted by atomic mass is 35.5. The van der Waals surface area contributed by atoms with Crippen LogP contribution in [0, 0.1) is 6.92 Å². The highest BCUT2D eigenvalue weighted by Crippen LogP contribution is 2.49. The van der Waals surface area contributed by atoms with E-state index in [0.717, 1.165) is 6.42 Å². The number of aliphatic hydroxyl groups excluding tert-OH is 1. The van der Waals surface area contributed by atoms with Gasteiger partial charge in [0.05, 0.1) is 24.9 Å². The van der Waals surface area contributed by atoms with Crippen LogP contribution in [0.4, 0.5) is 10.2 Å². The fourth-order valence-corrected chi connectivity index (χ4v) is 6.25. The zero-order valence-corrected chi connectivity index (χ0v) is 26.2. The van der Waals surface area contributed by atoms with Crippen LogP contribution in [-0.2, 0) is 23.4 Å². The first-order valence-electron chi connectivity index (χ1n) is 13.9. The number of alkyl halides is 2. The summed E-state index contributed by atoms with van der Waals surface area (Å²) in [5.74, 6) is -0.0568. The van der Waals surface area contributed by atoms with Gasteiger partial charge >= 0.3 is 13.7 Å². The molecule has 1 aliphatic rings. The number of hydrogen-bond acceptors (Lipinski definition) is 11. The number of para-hydroxylation sites is 1. The van der Waals surface area contributed by atoms with Crippen molar-refractivity contribution in [2.24, 2.45) is 0 Å². The molecule has 0 amide bonds. The number of fused-ring (bicyclic) bond motifs is 1. The summed E-state index contributed by atoms with van der Waals surface area (Å²) in [4.78, 5) is 25.6. The zero-order chi connectivity index (χ0) is 31.4. The van der Waals surface area contributed by atoms with Crippen LogP contribution in [0.25, 0.3) is 11.2 Å². The second-order valence-corrected chi connectivity index (χ2v) is 12.4. The fraction of sp³-hybridized carbons (Fsp3) is 0.556. The first kappa shape index (κ1) is 33.0. The van der Waals surface area contributed by atoms with Crippen molar-refractivity contribution >= 4 is 42.3 Å². The van der Waals surface area contributed by atoms with Gasteiger partial charge in [0.1, 0.15) is 29.3 Å². The number of esters is 1. The van der Waals surface area contributed by atoms with Gasteiger partial charge in [0.25, 0.3) is 0 Å². The number of aliphatic hydroxyl groups is 1. The summed E-state index contributed by atoms with van der Waals surface area (Å²) in [5.41, 5.74) is -1.18. The molecule has 3 aromatic rings. The lowest BCUT2D eigenvalue weighted by molar-refractivity contribution is -0.149. The summed E-state index contributed by atoms with van der Waals surface area (Å²) in [5, 5.41) is 16.8. The monoisotopic (exact) mass is 642 g/mol. The molecule has 0 spiro atoms. The maximum Gasteiger partial charge on any atom is 0.459 e. The van der Waals surface area contributed by atoms with Gasteiger partial charge in [0.15, 0.2) is 29.4 Å². The third-order valence-corrected chi connectivity index (χ3v) is 8.63. The number of anilines is 1. The molecule has 236 valence electrons. The molecule has 13 nitrogen and oxygen atoms in total. The molecule has 1 fully saturated rings. The molecular formula is C27H37ClFN6O7P. The molecule has 0 bridgehead atoms. The second-order valence-electron chi connectivity index (χ2n) is 10.5. The predicted octanol–water partition coefficient (Wildman–Crippen LogP) is 4.30. The molecule has 3 heterocycles. The van der Waals surface area contributed by atoms with Crippen LogP contribution in [0.15, 0.2) is 36.7 Å². The Morgan fingerprint density at radius 1 is 1.28 bits per heavy atom. The smallest absolute Gasteiger partial charge is 0.459 e. The van der Waals surface area contributed by atoms with Gasteiger partial charge in [-0.1, -0.05) is 25.1 Å². The standard InChI is InChI=1S/C27H37ClFN6O7P/c1-6-12-30-23-21-24(33-18(5)32-23)35(15-31-21)25-20(29)22(36)27(13-28,41-25)14-39-43(38,42-19-10-8-7-9-11-19)34-17(4)26(37)40-16(2)3/h7-11,15-17,20,22,25,36H,6,12-14H2,1-5H3,(H,34,38)(H,30,32,33)/t17-,20+,22-,25+,27+,43+/m0/s1. The Balaban J connectivity index is 1.60. The first-order valence-corrected chi connectivity index (χ1v) is 16.0. The second kappa shape index (κ2) is 13.8. The molecular weight excluding hydrogens is 606 g/mol. The minimum Gasteiger partial charge on any atom is -0.462 e. The summed E-state index contributed by atoms with van der Waals surface area (Å²) >= 11 is 6.26. The normalized spacial score (nSPS) is 24.2. The number of nitrogens with zero attached hydrogens (tertiary/aromatic N) is 4. The lowest BCUT2D eigenvalue weighted by Crippen LogP contribution is -2.48. The van der Waals surface area contributed by atoms with Gasteiger partial charge in [-0.3, -0.25) is 13.9 Å². The van der Waals surface area contributed by atoms with Gasteiger partial charge in [-0.15, -0.1) is 11.6 Å². The molecule has 0 unspecified atom stereocenters. The Kier molecular flexibility index (Phi) is 10.6. The Bertz CT molecular complexity index is 1450. The Labute approximate surface area is 254 Å². The molecule has 4 rings (SSSR count). The quantitative estimate of drug-likeness (QED) is 0.130. The third kappa shape index (κ3) is 7.44. The zero-order valence-electron chi connectivity index (χ0n) is 24.6. The highest BCUT2D eigenvalue weighted by Gasteiger charge is 2.57. The van der Waals surface area contributed by atoms with Gasteiger partial charge in [0.2, 0.25) is 0 Å². The third-order valence-electron chi connectivity index (χ3n) is 6.55. The average molecular weight is 643 g/mol. The largest absolute Gasteiger partial charge is 0.462 e. The van der Waals surface area contributed by atoms with E-state index in [9.17, 15) is 14.5 Å². The van der Waals surface area contributed by atoms with E-state index in [4.69, 9.17) is 30.1 Å². The maximum absolute atomic E-state index is 15.8. The number of aryl methyl sites for hydroxylation is 1.